The van der Waals surface area contributed by atoms with Crippen LogP contribution in [0.4, 0.5) is 0 Å². The maximum Gasteiger partial charge on any atom is 0.316 e. The molecule has 0 saturated heterocycles. The smallest absolute Gasteiger partial charge is 0.316 e. The molecule has 2 rings (SSSR count). The minimum atomic E-state index is -0.608. The number of para-hydroxylation sites is 1. The monoisotopic (exact) mass is 290 g/mol. The van der Waals surface area contributed by atoms with E-state index in [0.717, 1.165) is 12.3 Å². The molecule has 1 aromatic carbocycles. The van der Waals surface area contributed by atoms with E-state index in [2.05, 4.69) is 0 Å². The summed E-state index contributed by atoms with van der Waals surface area (Å²) in [6.45, 7) is 1.75. The Hall–Kier alpha value is -1.35. The SMILES string of the molecule is C[C@H](C(=O)Oc1ccccc1)[C@@H](O)CCC1CCCCC1. The number of carbonyl (C=O) groups is 1. The average Bonchev–Trinajstić information content (AvgIpc) is 2.53. The Morgan fingerprint density at radius 3 is 2.57 bits per heavy atom. The number of esters is 1. The van der Waals surface area contributed by atoms with Gasteiger partial charge in [0.15, 0.2) is 0 Å². The summed E-state index contributed by atoms with van der Waals surface area (Å²) in [6, 6.07) is 9.03. The Morgan fingerprint density at radius 1 is 1.24 bits per heavy atom. The fourth-order valence-electron chi connectivity index (χ4n) is 2.99. The number of carbonyl (C=O) groups excluding carboxylic acids is 1. The zero-order valence-electron chi connectivity index (χ0n) is 12.8. The Bertz CT molecular complexity index is 423. The van der Waals surface area contributed by atoms with Crippen LogP contribution in [0.25, 0.3) is 0 Å². The normalized spacial score (nSPS) is 19.0. The van der Waals surface area contributed by atoms with Crippen LogP contribution in [0.15, 0.2) is 30.3 Å². The van der Waals surface area contributed by atoms with Crippen LogP contribution in [0, 0.1) is 11.8 Å². The summed E-state index contributed by atoms with van der Waals surface area (Å²) in [5.41, 5.74) is 0. The minimum absolute atomic E-state index is 0.350. The van der Waals surface area contributed by atoms with Crippen LogP contribution in [-0.4, -0.2) is 17.2 Å². The van der Waals surface area contributed by atoms with Gasteiger partial charge < -0.3 is 9.84 Å². The van der Waals surface area contributed by atoms with Gasteiger partial charge in [-0.15, -0.1) is 0 Å². The van der Waals surface area contributed by atoms with Crippen molar-refractivity contribution < 1.29 is 14.6 Å². The van der Waals surface area contributed by atoms with Crippen LogP contribution in [0.1, 0.15) is 51.9 Å². The fraction of sp³-hybridized carbons (Fsp3) is 0.611. The molecule has 0 unspecified atom stereocenters. The van der Waals surface area contributed by atoms with E-state index < -0.39 is 12.0 Å². The molecule has 0 aliphatic heterocycles. The van der Waals surface area contributed by atoms with Crippen LogP contribution < -0.4 is 4.74 Å². The van der Waals surface area contributed by atoms with Crippen molar-refractivity contribution in [1.29, 1.82) is 0 Å². The second-order valence-corrected chi connectivity index (χ2v) is 6.17. The number of ether oxygens (including phenoxy) is 1. The molecule has 1 fully saturated rings. The Balaban J connectivity index is 1.75. The molecule has 0 aromatic heterocycles. The number of benzene rings is 1. The summed E-state index contributed by atoms with van der Waals surface area (Å²) in [7, 11) is 0. The van der Waals surface area contributed by atoms with Gasteiger partial charge in [0, 0.05) is 0 Å². The van der Waals surface area contributed by atoms with Crippen molar-refractivity contribution >= 4 is 5.97 Å². The highest BCUT2D eigenvalue weighted by molar-refractivity contribution is 5.75. The summed E-state index contributed by atoms with van der Waals surface area (Å²) in [4.78, 5) is 12.0. The molecule has 0 amide bonds. The van der Waals surface area contributed by atoms with Crippen LogP contribution in [0.2, 0.25) is 0 Å². The predicted molar refractivity (Wildman–Crippen MR) is 83.1 cm³/mol. The minimum Gasteiger partial charge on any atom is -0.426 e. The second-order valence-electron chi connectivity index (χ2n) is 6.17. The van der Waals surface area contributed by atoms with Gasteiger partial charge in [-0.05, 0) is 37.8 Å². The largest absolute Gasteiger partial charge is 0.426 e. The highest BCUT2D eigenvalue weighted by Crippen LogP contribution is 2.28. The summed E-state index contributed by atoms with van der Waals surface area (Å²) < 4.78 is 5.29. The van der Waals surface area contributed by atoms with Gasteiger partial charge in [-0.2, -0.15) is 0 Å². The van der Waals surface area contributed by atoms with E-state index in [0.29, 0.717) is 12.2 Å². The maximum atomic E-state index is 12.0. The first-order valence-electron chi connectivity index (χ1n) is 8.11. The third-order valence-corrected chi connectivity index (χ3v) is 4.51. The maximum absolute atomic E-state index is 12.0. The van der Waals surface area contributed by atoms with E-state index >= 15 is 0 Å². The van der Waals surface area contributed by atoms with Crippen molar-refractivity contribution in [3.63, 3.8) is 0 Å². The third-order valence-electron chi connectivity index (χ3n) is 4.51. The fourth-order valence-corrected chi connectivity index (χ4v) is 2.99. The lowest BCUT2D eigenvalue weighted by Crippen LogP contribution is -2.29. The van der Waals surface area contributed by atoms with Crippen molar-refractivity contribution in [2.45, 2.75) is 58.0 Å². The quantitative estimate of drug-likeness (QED) is 0.637. The molecule has 0 radical (unpaired) electrons. The molecule has 3 nitrogen and oxygen atoms in total. The standard InChI is InChI=1S/C18H26O3/c1-14(18(20)21-16-10-6-3-7-11-16)17(19)13-12-15-8-4-2-5-9-15/h3,6-7,10-11,14-15,17,19H,2,4-5,8-9,12-13H2,1H3/t14-,17-/m0/s1. The summed E-state index contributed by atoms with van der Waals surface area (Å²) in [5, 5.41) is 10.2. The molecule has 2 atom stereocenters. The zero-order chi connectivity index (χ0) is 15.1. The van der Waals surface area contributed by atoms with E-state index in [4.69, 9.17) is 4.74 Å². The first-order valence-corrected chi connectivity index (χ1v) is 8.11. The molecule has 116 valence electrons. The molecular formula is C18H26O3. The van der Waals surface area contributed by atoms with Gasteiger partial charge >= 0.3 is 5.97 Å². The van der Waals surface area contributed by atoms with E-state index in [-0.39, 0.29) is 5.97 Å². The number of hydrogen-bond acceptors (Lipinski definition) is 3. The zero-order valence-corrected chi connectivity index (χ0v) is 12.8. The van der Waals surface area contributed by atoms with Gasteiger partial charge in [0.1, 0.15) is 5.75 Å². The Labute approximate surface area is 127 Å². The average molecular weight is 290 g/mol. The number of aliphatic hydroxyl groups is 1. The van der Waals surface area contributed by atoms with Crippen molar-refractivity contribution in [2.75, 3.05) is 0 Å². The topological polar surface area (TPSA) is 46.5 Å². The van der Waals surface area contributed by atoms with Gasteiger partial charge in [-0.1, -0.05) is 50.3 Å². The molecule has 21 heavy (non-hydrogen) atoms. The van der Waals surface area contributed by atoms with E-state index in [1.54, 1.807) is 19.1 Å². The Kier molecular flexibility index (Phi) is 6.24. The molecule has 1 aliphatic carbocycles. The van der Waals surface area contributed by atoms with Gasteiger partial charge in [0.2, 0.25) is 0 Å². The van der Waals surface area contributed by atoms with E-state index in [1.807, 2.05) is 18.2 Å². The van der Waals surface area contributed by atoms with E-state index in [9.17, 15) is 9.90 Å². The van der Waals surface area contributed by atoms with Crippen LogP contribution in [0.5, 0.6) is 5.75 Å². The third kappa shape index (κ3) is 5.16. The molecule has 0 bridgehead atoms. The van der Waals surface area contributed by atoms with E-state index in [1.165, 1.54) is 32.1 Å². The molecule has 1 N–H and O–H groups in total. The molecule has 1 aromatic rings. The molecule has 0 heterocycles. The van der Waals surface area contributed by atoms with Gasteiger partial charge in [0.05, 0.1) is 12.0 Å². The van der Waals surface area contributed by atoms with Crippen molar-refractivity contribution in [3.05, 3.63) is 30.3 Å². The van der Waals surface area contributed by atoms with Crippen molar-refractivity contribution in [3.8, 4) is 5.75 Å². The number of rotatable bonds is 6. The van der Waals surface area contributed by atoms with Crippen LogP contribution in [-0.2, 0) is 4.79 Å². The van der Waals surface area contributed by atoms with Crippen LogP contribution in [0.3, 0.4) is 0 Å². The summed E-state index contributed by atoms with van der Waals surface area (Å²) in [5.74, 6) is 0.436. The van der Waals surface area contributed by atoms with Gasteiger partial charge in [-0.3, -0.25) is 4.79 Å². The highest BCUT2D eigenvalue weighted by atomic mass is 16.5. The van der Waals surface area contributed by atoms with Crippen molar-refractivity contribution in [2.24, 2.45) is 11.8 Å². The summed E-state index contributed by atoms with van der Waals surface area (Å²) >= 11 is 0. The highest BCUT2D eigenvalue weighted by Gasteiger charge is 2.25. The molecular weight excluding hydrogens is 264 g/mol. The van der Waals surface area contributed by atoms with Gasteiger partial charge in [-0.25, -0.2) is 0 Å². The summed E-state index contributed by atoms with van der Waals surface area (Å²) in [6.07, 6.45) is 7.62. The lowest BCUT2D eigenvalue weighted by Gasteiger charge is -2.24. The molecule has 1 saturated carbocycles. The molecule has 0 spiro atoms. The first-order chi connectivity index (χ1) is 10.2. The van der Waals surface area contributed by atoms with Gasteiger partial charge in [0.25, 0.3) is 0 Å². The molecule has 1 aliphatic rings. The molecule has 3 heteroatoms. The second kappa shape index (κ2) is 8.18. The number of aliphatic hydroxyl groups excluding tert-OH is 1. The first kappa shape index (κ1) is 16.0. The number of hydrogen-bond donors (Lipinski definition) is 1. The predicted octanol–water partition coefficient (Wildman–Crippen LogP) is 3.95. The van der Waals surface area contributed by atoms with Crippen LogP contribution >= 0.6 is 0 Å². The Morgan fingerprint density at radius 2 is 1.90 bits per heavy atom. The lowest BCUT2D eigenvalue weighted by atomic mass is 9.84. The van der Waals surface area contributed by atoms with Crippen molar-refractivity contribution in [1.82, 2.24) is 0 Å². The lowest BCUT2D eigenvalue weighted by molar-refractivity contribution is -0.142.